The van der Waals surface area contributed by atoms with Gasteiger partial charge in [-0.05, 0) is 38.1 Å². The number of ether oxygens (including phenoxy) is 1. The number of amides is 1. The van der Waals surface area contributed by atoms with Crippen molar-refractivity contribution in [1.82, 2.24) is 24.8 Å². The number of nitrogens with one attached hydrogen (secondary N) is 1. The van der Waals surface area contributed by atoms with Gasteiger partial charge >= 0.3 is 0 Å². The van der Waals surface area contributed by atoms with E-state index in [1.807, 2.05) is 35.4 Å². The minimum atomic E-state index is -0.0687. The van der Waals surface area contributed by atoms with Crippen LogP contribution in [0.15, 0.2) is 30.5 Å². The molecular formula is C22H25N5O2. The number of hydrogen-bond donors (Lipinski definition) is 1. The van der Waals surface area contributed by atoms with Crippen LogP contribution in [0.1, 0.15) is 46.5 Å². The summed E-state index contributed by atoms with van der Waals surface area (Å²) in [5.74, 6) is 1.53. The lowest BCUT2D eigenvalue weighted by Crippen LogP contribution is -2.33. The molecule has 7 heteroatoms. The van der Waals surface area contributed by atoms with Crippen LogP contribution in [-0.4, -0.2) is 57.9 Å². The molecule has 0 unspecified atom stereocenters. The molecule has 7 nitrogen and oxygen atoms in total. The molecule has 29 heavy (non-hydrogen) atoms. The van der Waals surface area contributed by atoms with E-state index < -0.39 is 0 Å². The maximum Gasteiger partial charge on any atom is 0.270 e. The van der Waals surface area contributed by atoms with Gasteiger partial charge in [-0.25, -0.2) is 9.97 Å². The molecule has 1 amide bonds. The van der Waals surface area contributed by atoms with E-state index in [-0.39, 0.29) is 11.9 Å². The molecule has 0 aliphatic carbocycles. The predicted molar refractivity (Wildman–Crippen MR) is 110 cm³/mol. The maximum absolute atomic E-state index is 13.3. The third-order valence-electron chi connectivity index (χ3n) is 6.03. The Labute approximate surface area is 169 Å². The summed E-state index contributed by atoms with van der Waals surface area (Å²) in [4.78, 5) is 30.3. The van der Waals surface area contributed by atoms with Gasteiger partial charge in [0, 0.05) is 54.4 Å². The van der Waals surface area contributed by atoms with Crippen molar-refractivity contribution in [3.8, 4) is 5.75 Å². The molecule has 1 fully saturated rings. The first kappa shape index (κ1) is 18.1. The molecule has 1 saturated heterocycles. The van der Waals surface area contributed by atoms with Crippen molar-refractivity contribution in [2.24, 2.45) is 0 Å². The number of hydrogen-bond acceptors (Lipinski definition) is 5. The summed E-state index contributed by atoms with van der Waals surface area (Å²) >= 11 is 0. The fraction of sp³-hybridized carbons (Fsp3) is 0.409. The van der Waals surface area contributed by atoms with Gasteiger partial charge in [-0.2, -0.15) is 0 Å². The van der Waals surface area contributed by atoms with E-state index in [1.165, 1.54) is 5.56 Å². The number of carbonyl (C=O) groups is 1. The molecule has 150 valence electrons. The molecule has 2 aliphatic rings. The smallest absolute Gasteiger partial charge is 0.270 e. The number of fused-ring (bicyclic) bond motifs is 2. The summed E-state index contributed by atoms with van der Waals surface area (Å²) < 4.78 is 5.43. The number of likely N-dealkylation sites (N-methyl/N-ethyl adjacent to an activating group) is 1. The molecular weight excluding hydrogens is 366 g/mol. The van der Waals surface area contributed by atoms with Gasteiger partial charge in [0.1, 0.15) is 11.4 Å². The van der Waals surface area contributed by atoms with Crippen molar-refractivity contribution >= 4 is 16.8 Å². The first-order chi connectivity index (χ1) is 14.1. The van der Waals surface area contributed by atoms with Gasteiger partial charge < -0.3 is 19.5 Å². The molecule has 1 atom stereocenters. The Morgan fingerprint density at radius 1 is 1.31 bits per heavy atom. The molecule has 1 aromatic carbocycles. The van der Waals surface area contributed by atoms with Gasteiger partial charge in [0.25, 0.3) is 5.91 Å². The highest BCUT2D eigenvalue weighted by molar-refractivity contribution is 6.00. The first-order valence-corrected chi connectivity index (χ1v) is 10.1. The Bertz CT molecular complexity index is 1080. The highest BCUT2D eigenvalue weighted by Gasteiger charge is 2.34. The van der Waals surface area contributed by atoms with E-state index in [2.05, 4.69) is 21.9 Å². The molecule has 5 rings (SSSR count). The Hall–Kier alpha value is -2.93. The molecule has 4 heterocycles. The number of nitrogens with zero attached hydrogens (tertiary/aromatic N) is 4. The van der Waals surface area contributed by atoms with E-state index >= 15 is 0 Å². The fourth-order valence-corrected chi connectivity index (χ4v) is 4.49. The number of likely N-dealkylation sites (tertiary alicyclic amines) is 1. The minimum Gasteiger partial charge on any atom is -0.496 e. The summed E-state index contributed by atoms with van der Waals surface area (Å²) in [6.07, 6.45) is 4.74. The molecule has 2 aromatic heterocycles. The Kier molecular flexibility index (Phi) is 4.47. The van der Waals surface area contributed by atoms with Crippen LogP contribution >= 0.6 is 0 Å². The second-order valence-electron chi connectivity index (χ2n) is 7.95. The number of H-pyrrole nitrogens is 1. The van der Waals surface area contributed by atoms with Crippen molar-refractivity contribution < 1.29 is 9.53 Å². The van der Waals surface area contributed by atoms with Crippen LogP contribution in [0.4, 0.5) is 0 Å². The van der Waals surface area contributed by atoms with Crippen LogP contribution in [0, 0.1) is 0 Å². The molecule has 3 aromatic rings. The summed E-state index contributed by atoms with van der Waals surface area (Å²) in [6, 6.07) is 7.60. The lowest BCUT2D eigenvalue weighted by atomic mass is 10.1. The van der Waals surface area contributed by atoms with Gasteiger partial charge in [-0.1, -0.05) is 6.07 Å². The van der Waals surface area contributed by atoms with E-state index in [0.29, 0.717) is 5.69 Å². The topological polar surface area (TPSA) is 74.4 Å². The average Bonchev–Trinajstić information content (AvgIpc) is 3.39. The third-order valence-corrected chi connectivity index (χ3v) is 6.03. The highest BCUT2D eigenvalue weighted by Crippen LogP contribution is 2.33. The molecule has 0 bridgehead atoms. The Morgan fingerprint density at radius 2 is 2.21 bits per heavy atom. The fourth-order valence-electron chi connectivity index (χ4n) is 4.49. The summed E-state index contributed by atoms with van der Waals surface area (Å²) in [7, 11) is 3.76. The van der Waals surface area contributed by atoms with E-state index in [4.69, 9.17) is 9.72 Å². The quantitative estimate of drug-likeness (QED) is 0.743. The Balaban J connectivity index is 1.44. The second kappa shape index (κ2) is 7.15. The van der Waals surface area contributed by atoms with Crippen molar-refractivity contribution in [3.05, 3.63) is 53.2 Å². The van der Waals surface area contributed by atoms with Gasteiger partial charge in [0.15, 0.2) is 5.82 Å². The van der Waals surface area contributed by atoms with Crippen molar-refractivity contribution in [3.63, 3.8) is 0 Å². The van der Waals surface area contributed by atoms with E-state index in [9.17, 15) is 4.79 Å². The number of aromatic amines is 1. The van der Waals surface area contributed by atoms with Crippen LogP contribution in [0.3, 0.4) is 0 Å². The molecule has 0 radical (unpaired) electrons. The van der Waals surface area contributed by atoms with Crippen LogP contribution in [0.2, 0.25) is 0 Å². The van der Waals surface area contributed by atoms with Crippen molar-refractivity contribution in [1.29, 1.82) is 0 Å². The number of methoxy groups -OCH3 is 1. The van der Waals surface area contributed by atoms with E-state index in [0.717, 1.165) is 67.1 Å². The predicted octanol–water partition coefficient (Wildman–Crippen LogP) is 2.93. The number of aromatic nitrogens is 3. The number of rotatable bonds is 3. The van der Waals surface area contributed by atoms with Crippen LogP contribution in [0.5, 0.6) is 5.75 Å². The Morgan fingerprint density at radius 3 is 3.07 bits per heavy atom. The lowest BCUT2D eigenvalue weighted by molar-refractivity contribution is 0.0724. The van der Waals surface area contributed by atoms with E-state index in [1.54, 1.807) is 7.11 Å². The zero-order chi connectivity index (χ0) is 20.0. The standard InChI is InChI=1S/C22H25N5O2/c1-26-10-8-16-14(13-26)12-23-21(25-16)19-6-4-9-27(19)22(28)18-11-15-17(24-18)5-3-7-20(15)29-2/h3,5,7,11-12,19,24H,4,6,8-10,13H2,1-2H3/t19-/m0/s1. The monoisotopic (exact) mass is 391 g/mol. The van der Waals surface area contributed by atoms with Crippen LogP contribution < -0.4 is 4.74 Å². The normalized spacial score (nSPS) is 19.5. The minimum absolute atomic E-state index is 0.00759. The third kappa shape index (κ3) is 3.15. The summed E-state index contributed by atoms with van der Waals surface area (Å²) in [6.45, 7) is 2.62. The van der Waals surface area contributed by atoms with Gasteiger partial charge in [0.2, 0.25) is 0 Å². The molecule has 0 spiro atoms. The molecule has 1 N–H and O–H groups in total. The zero-order valence-corrected chi connectivity index (χ0v) is 16.8. The lowest BCUT2D eigenvalue weighted by Gasteiger charge is -2.27. The molecule has 2 aliphatic heterocycles. The zero-order valence-electron chi connectivity index (χ0n) is 16.8. The van der Waals surface area contributed by atoms with Gasteiger partial charge in [0.05, 0.1) is 13.2 Å². The average molecular weight is 391 g/mol. The highest BCUT2D eigenvalue weighted by atomic mass is 16.5. The van der Waals surface area contributed by atoms with Crippen LogP contribution in [0.25, 0.3) is 10.9 Å². The molecule has 0 saturated carbocycles. The number of carbonyl (C=O) groups excluding carboxylic acids is 1. The van der Waals surface area contributed by atoms with Crippen molar-refractivity contribution in [2.75, 3.05) is 27.2 Å². The largest absolute Gasteiger partial charge is 0.496 e. The summed E-state index contributed by atoms with van der Waals surface area (Å²) in [5.41, 5.74) is 3.80. The maximum atomic E-state index is 13.3. The van der Waals surface area contributed by atoms with Gasteiger partial charge in [-0.3, -0.25) is 4.79 Å². The number of benzene rings is 1. The first-order valence-electron chi connectivity index (χ1n) is 10.1. The second-order valence-corrected chi connectivity index (χ2v) is 7.95. The van der Waals surface area contributed by atoms with Gasteiger partial charge in [-0.15, -0.1) is 0 Å². The van der Waals surface area contributed by atoms with Crippen molar-refractivity contribution in [2.45, 2.75) is 31.8 Å². The van der Waals surface area contributed by atoms with Crippen LogP contribution in [-0.2, 0) is 13.0 Å². The SMILES string of the molecule is COc1cccc2[nH]c(C(=O)N3CCC[C@H]3c3ncc4c(n3)CCN(C)C4)cc12. The summed E-state index contributed by atoms with van der Waals surface area (Å²) in [5, 5.41) is 0.920.